The fraction of sp³-hybridized carbons (Fsp3) is 0.0357. The van der Waals surface area contributed by atoms with Crippen LogP contribution in [0.15, 0.2) is 104 Å². The zero-order chi connectivity index (χ0) is 23.3. The lowest BCUT2D eigenvalue weighted by Crippen LogP contribution is -2.06. The highest BCUT2D eigenvalue weighted by Crippen LogP contribution is 2.32. The zero-order valence-corrected chi connectivity index (χ0v) is 18.4. The van der Waals surface area contributed by atoms with Crippen molar-refractivity contribution in [1.82, 2.24) is 15.0 Å². The van der Waals surface area contributed by atoms with Crippen LogP contribution in [0.1, 0.15) is 5.56 Å². The van der Waals surface area contributed by atoms with E-state index >= 15 is 0 Å². The average Bonchev–Trinajstić information content (AvgIpc) is 3.32. The molecule has 0 unspecified atom stereocenters. The molecule has 0 aliphatic heterocycles. The molecule has 5 rings (SSSR count). The molecule has 5 aromatic rings. The van der Waals surface area contributed by atoms with Crippen LogP contribution in [0.25, 0.3) is 33.3 Å². The molecule has 0 spiro atoms. The van der Waals surface area contributed by atoms with Crippen molar-refractivity contribution < 1.29 is 9.53 Å². The first-order chi connectivity index (χ1) is 16.7. The molecule has 0 bridgehead atoms. The minimum atomic E-state index is -0.248. The Hall–Kier alpha value is -4.71. The molecular formula is C28H22N4O2. The molecule has 0 atom stereocenters. The van der Waals surface area contributed by atoms with Crippen LogP contribution in [0.2, 0.25) is 0 Å². The molecule has 166 valence electrons. The number of amides is 1. The third-order valence-electron chi connectivity index (χ3n) is 5.46. The summed E-state index contributed by atoms with van der Waals surface area (Å²) in [5.41, 5.74) is 6.46. The molecule has 0 radical (unpaired) electrons. The maximum atomic E-state index is 11.7. The minimum absolute atomic E-state index is 0.248. The fourth-order valence-corrected chi connectivity index (χ4v) is 3.76. The standard InChI is InChI=1S/C28H22N4O2/c1-2-26(33)32-23-10-6-9-20(13-23)22-14-24-25(17-31-28(24)30-16-22)21-11-12-29-27(15-21)34-18-19-7-4-3-5-8-19/h2-17H,1,18H2,(H,30,31)(H,32,33). The molecule has 1 amide bonds. The van der Waals surface area contributed by atoms with Crippen LogP contribution in [0, 0.1) is 0 Å². The number of carbonyl (C=O) groups excluding carboxylic acids is 1. The Kier molecular flexibility index (Phi) is 5.86. The maximum absolute atomic E-state index is 11.7. The Balaban J connectivity index is 1.44. The monoisotopic (exact) mass is 446 g/mol. The Bertz CT molecular complexity index is 1470. The molecule has 2 aromatic carbocycles. The van der Waals surface area contributed by atoms with E-state index < -0.39 is 0 Å². The molecule has 0 aliphatic carbocycles. The van der Waals surface area contributed by atoms with Crippen molar-refractivity contribution in [3.05, 3.63) is 110 Å². The molecule has 2 N–H and O–H groups in total. The van der Waals surface area contributed by atoms with E-state index in [-0.39, 0.29) is 5.91 Å². The number of ether oxygens (including phenoxy) is 1. The van der Waals surface area contributed by atoms with Crippen LogP contribution in [-0.4, -0.2) is 20.9 Å². The van der Waals surface area contributed by atoms with Crippen LogP contribution in [0.4, 0.5) is 5.69 Å². The Morgan fingerprint density at radius 1 is 0.971 bits per heavy atom. The van der Waals surface area contributed by atoms with Crippen molar-refractivity contribution >= 4 is 22.6 Å². The van der Waals surface area contributed by atoms with E-state index in [9.17, 15) is 4.79 Å². The number of rotatable bonds is 7. The summed E-state index contributed by atoms with van der Waals surface area (Å²) in [6, 6.07) is 23.6. The number of H-pyrrole nitrogens is 1. The van der Waals surface area contributed by atoms with E-state index in [0.717, 1.165) is 38.9 Å². The van der Waals surface area contributed by atoms with E-state index in [2.05, 4.69) is 32.9 Å². The summed E-state index contributed by atoms with van der Waals surface area (Å²) in [5.74, 6) is 0.312. The summed E-state index contributed by atoms with van der Waals surface area (Å²) in [7, 11) is 0. The maximum Gasteiger partial charge on any atom is 0.247 e. The highest BCUT2D eigenvalue weighted by Gasteiger charge is 2.11. The summed E-state index contributed by atoms with van der Waals surface area (Å²) in [6.07, 6.45) is 6.76. The predicted octanol–water partition coefficient (Wildman–Crippen LogP) is 6.00. The van der Waals surface area contributed by atoms with Gasteiger partial charge in [0, 0.05) is 46.9 Å². The predicted molar refractivity (Wildman–Crippen MR) is 134 cm³/mol. The van der Waals surface area contributed by atoms with Gasteiger partial charge in [-0.05, 0) is 47.0 Å². The quantitative estimate of drug-likeness (QED) is 0.301. The third-order valence-corrected chi connectivity index (χ3v) is 5.46. The topological polar surface area (TPSA) is 79.9 Å². The first kappa shape index (κ1) is 21.2. The largest absolute Gasteiger partial charge is 0.473 e. The van der Waals surface area contributed by atoms with E-state index in [4.69, 9.17) is 4.74 Å². The SMILES string of the molecule is C=CC(=O)Nc1cccc(-c2cnc3[nH]cc(-c4ccnc(OCc5ccccc5)c4)c3c2)c1. The summed E-state index contributed by atoms with van der Waals surface area (Å²) >= 11 is 0. The molecule has 0 saturated heterocycles. The molecule has 0 fully saturated rings. The van der Waals surface area contributed by atoms with Gasteiger partial charge in [0.2, 0.25) is 11.8 Å². The van der Waals surface area contributed by atoms with Crippen LogP contribution >= 0.6 is 0 Å². The van der Waals surface area contributed by atoms with Gasteiger partial charge in [0.05, 0.1) is 0 Å². The Morgan fingerprint density at radius 2 is 1.85 bits per heavy atom. The highest BCUT2D eigenvalue weighted by molar-refractivity contribution is 5.99. The van der Waals surface area contributed by atoms with E-state index in [1.54, 1.807) is 6.20 Å². The van der Waals surface area contributed by atoms with Crippen molar-refractivity contribution in [3.63, 3.8) is 0 Å². The van der Waals surface area contributed by atoms with Crippen molar-refractivity contribution in [2.24, 2.45) is 0 Å². The number of hydrogen-bond acceptors (Lipinski definition) is 4. The van der Waals surface area contributed by atoms with Crippen LogP contribution in [-0.2, 0) is 11.4 Å². The number of aromatic nitrogens is 3. The third kappa shape index (κ3) is 4.56. The lowest BCUT2D eigenvalue weighted by Gasteiger charge is -2.08. The van der Waals surface area contributed by atoms with E-state index in [1.807, 2.05) is 79.1 Å². The lowest BCUT2D eigenvalue weighted by molar-refractivity contribution is -0.111. The highest BCUT2D eigenvalue weighted by atomic mass is 16.5. The second-order valence-corrected chi connectivity index (χ2v) is 7.75. The lowest BCUT2D eigenvalue weighted by atomic mass is 10.0. The average molecular weight is 447 g/mol. The first-order valence-corrected chi connectivity index (χ1v) is 10.8. The van der Waals surface area contributed by atoms with Crippen molar-refractivity contribution in [2.75, 3.05) is 5.32 Å². The van der Waals surface area contributed by atoms with Gasteiger partial charge in [-0.3, -0.25) is 4.79 Å². The van der Waals surface area contributed by atoms with Crippen molar-refractivity contribution in [3.8, 4) is 28.1 Å². The second kappa shape index (κ2) is 9.42. The molecule has 0 saturated carbocycles. The summed E-state index contributed by atoms with van der Waals surface area (Å²) in [5, 5.41) is 3.78. The Morgan fingerprint density at radius 3 is 2.71 bits per heavy atom. The van der Waals surface area contributed by atoms with Gasteiger partial charge in [0.25, 0.3) is 0 Å². The number of fused-ring (bicyclic) bond motifs is 1. The number of pyridine rings is 2. The van der Waals surface area contributed by atoms with E-state index in [0.29, 0.717) is 18.2 Å². The van der Waals surface area contributed by atoms with Crippen LogP contribution in [0.3, 0.4) is 0 Å². The van der Waals surface area contributed by atoms with Gasteiger partial charge in [0.1, 0.15) is 12.3 Å². The molecule has 6 nitrogen and oxygen atoms in total. The van der Waals surface area contributed by atoms with Gasteiger partial charge in [-0.2, -0.15) is 0 Å². The minimum Gasteiger partial charge on any atom is -0.473 e. The number of hydrogen-bond donors (Lipinski definition) is 2. The fourth-order valence-electron chi connectivity index (χ4n) is 3.76. The molecule has 0 aliphatic rings. The van der Waals surface area contributed by atoms with Crippen LogP contribution < -0.4 is 10.1 Å². The second-order valence-electron chi connectivity index (χ2n) is 7.75. The Labute approximate surface area is 197 Å². The van der Waals surface area contributed by atoms with Crippen LogP contribution in [0.5, 0.6) is 5.88 Å². The molecule has 3 heterocycles. The van der Waals surface area contributed by atoms with Gasteiger partial charge in [-0.1, -0.05) is 49.0 Å². The van der Waals surface area contributed by atoms with Crippen molar-refractivity contribution in [2.45, 2.75) is 6.61 Å². The summed E-state index contributed by atoms with van der Waals surface area (Å²) < 4.78 is 5.91. The van der Waals surface area contributed by atoms with Crippen molar-refractivity contribution in [1.29, 1.82) is 0 Å². The molecular weight excluding hydrogens is 424 g/mol. The zero-order valence-electron chi connectivity index (χ0n) is 18.4. The van der Waals surface area contributed by atoms with Gasteiger partial charge in [0.15, 0.2) is 0 Å². The van der Waals surface area contributed by atoms with Gasteiger partial charge in [-0.15, -0.1) is 0 Å². The number of aromatic amines is 1. The van der Waals surface area contributed by atoms with Gasteiger partial charge >= 0.3 is 0 Å². The summed E-state index contributed by atoms with van der Waals surface area (Å²) in [6.45, 7) is 3.95. The smallest absolute Gasteiger partial charge is 0.247 e. The first-order valence-electron chi connectivity index (χ1n) is 10.8. The van der Waals surface area contributed by atoms with E-state index in [1.165, 1.54) is 6.08 Å². The summed E-state index contributed by atoms with van der Waals surface area (Å²) in [4.78, 5) is 23.9. The number of nitrogens with one attached hydrogen (secondary N) is 2. The number of benzene rings is 2. The number of carbonyl (C=O) groups is 1. The van der Waals surface area contributed by atoms with Gasteiger partial charge in [-0.25, -0.2) is 9.97 Å². The number of anilines is 1. The van der Waals surface area contributed by atoms with Gasteiger partial charge < -0.3 is 15.0 Å². The molecule has 34 heavy (non-hydrogen) atoms. The number of nitrogens with zero attached hydrogens (tertiary/aromatic N) is 2. The molecule has 6 heteroatoms. The molecule has 3 aromatic heterocycles. The normalized spacial score (nSPS) is 10.7.